The molecule has 0 atom stereocenters. The molecule has 2 aromatic rings. The molecule has 0 bridgehead atoms. The second-order valence-corrected chi connectivity index (χ2v) is 6.54. The normalized spacial score (nSPS) is 15.9. The van der Waals surface area contributed by atoms with Gasteiger partial charge in [0.15, 0.2) is 17.3 Å². The summed E-state index contributed by atoms with van der Waals surface area (Å²) in [6.45, 7) is 2.25. The van der Waals surface area contributed by atoms with E-state index in [1.54, 1.807) is 25.3 Å². The van der Waals surface area contributed by atoms with Gasteiger partial charge in [0.1, 0.15) is 6.29 Å². The number of carbonyl (C=O) groups excluding carboxylic acids is 4. The number of hydrogen-bond acceptors (Lipinski definition) is 7. The topological polar surface area (TPSA) is 103 Å². The van der Waals surface area contributed by atoms with Crippen molar-refractivity contribution in [2.75, 3.05) is 20.2 Å². The lowest BCUT2D eigenvalue weighted by Crippen LogP contribution is -2.31. The molecule has 2 aliphatic rings. The van der Waals surface area contributed by atoms with E-state index in [2.05, 4.69) is 5.32 Å². The fraction of sp³-hybridized carbons (Fsp3) is 0.333. The molecule has 1 N–H and O–H groups in total. The number of piperidine rings is 1. The molecule has 146 valence electrons. The maximum absolute atomic E-state index is 12.3. The molecular weight excluding hydrogens is 362 g/mol. The molecule has 1 aliphatic carbocycles. The molecule has 28 heavy (non-hydrogen) atoms. The van der Waals surface area contributed by atoms with E-state index in [0.29, 0.717) is 18.0 Å². The number of benzene rings is 1. The lowest BCUT2D eigenvalue weighted by Gasteiger charge is -2.20. The molecule has 0 spiro atoms. The minimum Gasteiger partial charge on any atom is -0.449 e. The summed E-state index contributed by atoms with van der Waals surface area (Å²) in [5, 5.41) is 3.27. The van der Waals surface area contributed by atoms with Gasteiger partial charge in [-0.05, 0) is 32.0 Å². The van der Waals surface area contributed by atoms with E-state index in [9.17, 15) is 19.2 Å². The number of nitrogens with one attached hydrogen (secondary N) is 1. The average Bonchev–Trinajstić information content (AvgIpc) is 3.19. The molecule has 0 amide bonds. The van der Waals surface area contributed by atoms with Crippen molar-refractivity contribution in [3.63, 3.8) is 0 Å². The molecule has 7 nitrogen and oxygen atoms in total. The summed E-state index contributed by atoms with van der Waals surface area (Å²) in [5.41, 5.74) is 0.622. The van der Waals surface area contributed by atoms with Crippen LogP contribution >= 0.6 is 0 Å². The van der Waals surface area contributed by atoms with E-state index in [0.717, 1.165) is 13.1 Å². The zero-order valence-electron chi connectivity index (χ0n) is 15.5. The van der Waals surface area contributed by atoms with Crippen LogP contribution in [0.15, 0.2) is 34.7 Å². The molecular formula is C21H21NO6. The third kappa shape index (κ3) is 4.00. The SMILES string of the molecule is COC1CCNCC1.O=CCC(=O)c1cc2c(o1)C(=O)c1ccccc1C2=O. The highest BCUT2D eigenvalue weighted by molar-refractivity contribution is 6.27. The second-order valence-electron chi connectivity index (χ2n) is 6.54. The van der Waals surface area contributed by atoms with Gasteiger partial charge in [-0.2, -0.15) is 0 Å². The predicted molar refractivity (Wildman–Crippen MR) is 99.9 cm³/mol. The van der Waals surface area contributed by atoms with Crippen LogP contribution in [-0.2, 0) is 9.53 Å². The Morgan fingerprint density at radius 1 is 1.14 bits per heavy atom. The fourth-order valence-corrected chi connectivity index (χ4v) is 3.22. The summed E-state index contributed by atoms with van der Waals surface area (Å²) in [7, 11) is 1.79. The number of fused-ring (bicyclic) bond motifs is 2. The van der Waals surface area contributed by atoms with Gasteiger partial charge < -0.3 is 19.3 Å². The van der Waals surface area contributed by atoms with Crippen LogP contribution in [-0.4, -0.2) is 49.9 Å². The molecule has 0 saturated carbocycles. The Labute approximate surface area is 162 Å². The molecule has 7 heteroatoms. The van der Waals surface area contributed by atoms with Crippen LogP contribution in [0.1, 0.15) is 61.9 Å². The minimum atomic E-state index is -0.556. The van der Waals surface area contributed by atoms with Crippen LogP contribution in [0.5, 0.6) is 0 Å². The highest BCUT2D eigenvalue weighted by Crippen LogP contribution is 2.29. The standard InChI is InChI=1S/C15H8O5.C6H13NO/c16-6-5-11(17)12-7-10-13(18)8-3-1-2-4-9(8)14(19)15(10)20-12;1-8-6-2-4-7-5-3-6/h1-4,6-7H,5H2;6-7H,2-5H2,1H3. The van der Waals surface area contributed by atoms with Gasteiger partial charge in [0.05, 0.1) is 18.1 Å². The first-order valence-corrected chi connectivity index (χ1v) is 9.09. The summed E-state index contributed by atoms with van der Waals surface area (Å²) >= 11 is 0. The smallest absolute Gasteiger partial charge is 0.229 e. The number of hydrogen-bond donors (Lipinski definition) is 1. The van der Waals surface area contributed by atoms with Crippen LogP contribution in [0.2, 0.25) is 0 Å². The molecule has 2 heterocycles. The molecule has 0 radical (unpaired) electrons. The number of carbonyl (C=O) groups is 4. The van der Waals surface area contributed by atoms with E-state index in [1.807, 2.05) is 0 Å². The second kappa shape index (κ2) is 8.86. The summed E-state index contributed by atoms with van der Waals surface area (Å²) < 4.78 is 10.3. The highest BCUT2D eigenvalue weighted by Gasteiger charge is 2.34. The van der Waals surface area contributed by atoms with Crippen LogP contribution in [0.25, 0.3) is 0 Å². The van der Waals surface area contributed by atoms with Crippen LogP contribution in [0.4, 0.5) is 0 Å². The van der Waals surface area contributed by atoms with Gasteiger partial charge in [-0.1, -0.05) is 24.3 Å². The average molecular weight is 383 g/mol. The summed E-state index contributed by atoms with van der Waals surface area (Å²) in [4.78, 5) is 46.4. The largest absolute Gasteiger partial charge is 0.449 e. The minimum absolute atomic E-state index is 0.0722. The Kier molecular flexibility index (Phi) is 6.28. The van der Waals surface area contributed by atoms with Gasteiger partial charge in [-0.25, -0.2) is 0 Å². The molecule has 1 aromatic heterocycles. The quantitative estimate of drug-likeness (QED) is 0.419. The van der Waals surface area contributed by atoms with Crippen molar-refractivity contribution in [2.24, 2.45) is 0 Å². The van der Waals surface area contributed by atoms with Gasteiger partial charge in [-0.3, -0.25) is 14.4 Å². The van der Waals surface area contributed by atoms with Crippen molar-refractivity contribution in [3.05, 3.63) is 58.5 Å². The summed E-state index contributed by atoms with van der Waals surface area (Å²) in [5.74, 6) is -1.62. The van der Waals surface area contributed by atoms with E-state index in [-0.39, 0.29) is 34.9 Å². The first-order valence-electron chi connectivity index (χ1n) is 9.09. The van der Waals surface area contributed by atoms with Crippen LogP contribution in [0.3, 0.4) is 0 Å². The van der Waals surface area contributed by atoms with Crippen LogP contribution in [0, 0.1) is 0 Å². The lowest BCUT2D eigenvalue weighted by atomic mass is 9.88. The number of ether oxygens (including phenoxy) is 1. The van der Waals surface area contributed by atoms with Crippen molar-refractivity contribution in [1.29, 1.82) is 0 Å². The Balaban J connectivity index is 0.000000236. The Morgan fingerprint density at radius 2 is 1.79 bits per heavy atom. The predicted octanol–water partition coefficient (Wildman–Crippen LogP) is 2.21. The monoisotopic (exact) mass is 383 g/mol. The fourth-order valence-electron chi connectivity index (χ4n) is 3.22. The van der Waals surface area contributed by atoms with Gasteiger partial charge in [0.25, 0.3) is 0 Å². The first-order chi connectivity index (χ1) is 13.6. The third-order valence-corrected chi connectivity index (χ3v) is 4.76. The van der Waals surface area contributed by atoms with E-state index in [4.69, 9.17) is 9.15 Å². The molecule has 0 unspecified atom stereocenters. The van der Waals surface area contributed by atoms with Gasteiger partial charge >= 0.3 is 0 Å². The Morgan fingerprint density at radius 3 is 2.36 bits per heavy atom. The van der Waals surface area contributed by atoms with E-state index < -0.39 is 11.6 Å². The zero-order chi connectivity index (χ0) is 20.1. The zero-order valence-corrected chi connectivity index (χ0v) is 15.5. The molecule has 1 aromatic carbocycles. The number of aldehydes is 1. The molecule has 1 aliphatic heterocycles. The van der Waals surface area contributed by atoms with Gasteiger partial charge in [-0.15, -0.1) is 0 Å². The summed E-state index contributed by atoms with van der Waals surface area (Å²) in [6, 6.07) is 7.63. The number of ketones is 3. The number of methoxy groups -OCH3 is 1. The number of Topliss-reactive ketones (excluding diaryl/α,β-unsaturated/α-hetero) is 1. The Hall–Kier alpha value is -2.90. The maximum atomic E-state index is 12.3. The third-order valence-electron chi connectivity index (χ3n) is 4.76. The maximum Gasteiger partial charge on any atom is 0.229 e. The van der Waals surface area contributed by atoms with Crippen molar-refractivity contribution in [1.82, 2.24) is 5.32 Å². The van der Waals surface area contributed by atoms with E-state index in [1.165, 1.54) is 25.0 Å². The van der Waals surface area contributed by atoms with Gasteiger partial charge in [0.2, 0.25) is 11.6 Å². The highest BCUT2D eigenvalue weighted by atomic mass is 16.5. The number of rotatable bonds is 4. The molecule has 1 fully saturated rings. The van der Waals surface area contributed by atoms with Gasteiger partial charge in [0, 0.05) is 18.2 Å². The van der Waals surface area contributed by atoms with E-state index >= 15 is 0 Å². The molecule has 4 rings (SSSR count). The lowest BCUT2D eigenvalue weighted by molar-refractivity contribution is -0.107. The number of furan rings is 1. The van der Waals surface area contributed by atoms with Crippen LogP contribution < -0.4 is 5.32 Å². The van der Waals surface area contributed by atoms with Crippen molar-refractivity contribution < 1.29 is 28.3 Å². The molecule has 1 saturated heterocycles. The first kappa shape index (κ1) is 19.9. The van der Waals surface area contributed by atoms with Crippen molar-refractivity contribution >= 4 is 23.6 Å². The van der Waals surface area contributed by atoms with Crippen molar-refractivity contribution in [3.8, 4) is 0 Å². The van der Waals surface area contributed by atoms with Crippen molar-refractivity contribution in [2.45, 2.75) is 25.4 Å². The summed E-state index contributed by atoms with van der Waals surface area (Å²) in [6.07, 6.45) is 2.98. The Bertz CT molecular complexity index is 855.